The van der Waals surface area contributed by atoms with E-state index in [-0.39, 0.29) is 11.6 Å². The van der Waals surface area contributed by atoms with Gasteiger partial charge in [-0.3, -0.25) is 0 Å². The molecule has 78 valence electrons. The fourth-order valence-electron chi connectivity index (χ4n) is 1.17. The van der Waals surface area contributed by atoms with Crippen LogP contribution in [0.25, 0.3) is 11.6 Å². The molecule has 0 spiro atoms. The van der Waals surface area contributed by atoms with E-state index in [4.69, 9.17) is 4.52 Å². The third kappa shape index (κ3) is 1.45. The quantitative estimate of drug-likeness (QED) is 0.532. The Hall–Kier alpha value is -2.25. The summed E-state index contributed by atoms with van der Waals surface area (Å²) >= 11 is 0. The van der Waals surface area contributed by atoms with E-state index < -0.39 is 4.92 Å². The van der Waals surface area contributed by atoms with E-state index >= 15 is 0 Å². The van der Waals surface area contributed by atoms with Crippen molar-refractivity contribution in [1.82, 2.24) is 19.7 Å². The van der Waals surface area contributed by atoms with E-state index in [1.165, 1.54) is 11.6 Å². The van der Waals surface area contributed by atoms with E-state index in [9.17, 15) is 10.1 Å². The topological polar surface area (TPSA) is 99.9 Å². The van der Waals surface area contributed by atoms with Crippen molar-refractivity contribution in [3.8, 4) is 11.6 Å². The van der Waals surface area contributed by atoms with Gasteiger partial charge in [-0.25, -0.2) is 9.55 Å². The van der Waals surface area contributed by atoms with Crippen LogP contribution in [0.2, 0.25) is 0 Å². The third-order valence-electron chi connectivity index (χ3n) is 1.88. The molecule has 2 aromatic heterocycles. The number of imidazole rings is 1. The first-order chi connectivity index (χ1) is 7.09. The molecular formula is C7H7N5O3. The Morgan fingerprint density at radius 2 is 2.33 bits per heavy atom. The van der Waals surface area contributed by atoms with Crippen LogP contribution in [0.4, 0.5) is 5.82 Å². The highest BCUT2D eigenvalue weighted by Crippen LogP contribution is 2.19. The molecule has 2 rings (SSSR count). The van der Waals surface area contributed by atoms with E-state index in [2.05, 4.69) is 15.1 Å². The average Bonchev–Trinajstić information content (AvgIpc) is 2.71. The van der Waals surface area contributed by atoms with Crippen molar-refractivity contribution in [3.63, 3.8) is 0 Å². The summed E-state index contributed by atoms with van der Waals surface area (Å²) in [6.07, 6.45) is 1.15. The van der Waals surface area contributed by atoms with Crippen molar-refractivity contribution in [1.29, 1.82) is 0 Å². The maximum Gasteiger partial charge on any atom is 0.343 e. The Bertz CT molecular complexity index is 514. The number of aromatic nitrogens is 4. The second-order valence-electron chi connectivity index (χ2n) is 2.89. The molecule has 0 aliphatic carbocycles. The van der Waals surface area contributed by atoms with E-state index in [1.807, 2.05) is 0 Å². The monoisotopic (exact) mass is 209 g/mol. The van der Waals surface area contributed by atoms with Crippen molar-refractivity contribution in [2.24, 2.45) is 7.05 Å². The van der Waals surface area contributed by atoms with Gasteiger partial charge in [0.25, 0.3) is 11.6 Å². The first-order valence-electron chi connectivity index (χ1n) is 4.06. The van der Waals surface area contributed by atoms with Crippen LogP contribution in [0.1, 0.15) is 5.89 Å². The van der Waals surface area contributed by atoms with Gasteiger partial charge in [0.1, 0.15) is 6.20 Å². The van der Waals surface area contributed by atoms with Crippen LogP contribution >= 0.6 is 0 Å². The number of nitrogens with zero attached hydrogens (tertiary/aromatic N) is 5. The Labute approximate surface area is 83.7 Å². The van der Waals surface area contributed by atoms with Crippen LogP contribution in [0.3, 0.4) is 0 Å². The number of aryl methyl sites for hydroxylation is 1. The molecule has 0 aliphatic rings. The lowest BCUT2D eigenvalue weighted by atomic mass is 10.5. The van der Waals surface area contributed by atoms with Gasteiger partial charge in [-0.1, -0.05) is 5.16 Å². The van der Waals surface area contributed by atoms with Crippen molar-refractivity contribution >= 4 is 5.82 Å². The smallest absolute Gasteiger partial charge is 0.343 e. The van der Waals surface area contributed by atoms with Crippen molar-refractivity contribution < 1.29 is 9.45 Å². The molecule has 0 unspecified atom stereocenters. The molecule has 0 atom stereocenters. The maximum absolute atomic E-state index is 10.6. The van der Waals surface area contributed by atoms with Gasteiger partial charge in [0.05, 0.1) is 7.05 Å². The molecule has 0 aromatic carbocycles. The number of hydrogen-bond donors (Lipinski definition) is 0. The van der Waals surface area contributed by atoms with Gasteiger partial charge in [0, 0.05) is 6.92 Å². The summed E-state index contributed by atoms with van der Waals surface area (Å²) in [7, 11) is 1.52. The van der Waals surface area contributed by atoms with Crippen LogP contribution in [-0.4, -0.2) is 24.6 Å². The molecule has 0 saturated heterocycles. The van der Waals surface area contributed by atoms with Gasteiger partial charge in [0.2, 0.25) is 5.89 Å². The molecule has 0 aliphatic heterocycles. The van der Waals surface area contributed by atoms with Crippen LogP contribution in [0.15, 0.2) is 10.7 Å². The number of hydrogen-bond acceptors (Lipinski definition) is 6. The summed E-state index contributed by atoms with van der Waals surface area (Å²) in [6.45, 7) is 1.63. The minimum absolute atomic E-state index is 0.118. The molecule has 2 aromatic rings. The largest absolute Gasteiger partial charge is 0.358 e. The second kappa shape index (κ2) is 3.15. The molecule has 8 heteroatoms. The SMILES string of the molecule is Cc1nc(-c2ncc([N+](=O)[O-])n2C)no1. The highest BCUT2D eigenvalue weighted by Gasteiger charge is 2.21. The van der Waals surface area contributed by atoms with Crippen LogP contribution in [0.5, 0.6) is 0 Å². The third-order valence-corrected chi connectivity index (χ3v) is 1.88. The zero-order valence-corrected chi connectivity index (χ0v) is 8.04. The fourth-order valence-corrected chi connectivity index (χ4v) is 1.17. The van der Waals surface area contributed by atoms with Gasteiger partial charge in [-0.05, 0) is 4.92 Å². The summed E-state index contributed by atoms with van der Waals surface area (Å²) < 4.78 is 6.06. The first-order valence-corrected chi connectivity index (χ1v) is 4.06. The van der Waals surface area contributed by atoms with Crippen LogP contribution in [-0.2, 0) is 7.05 Å². The highest BCUT2D eigenvalue weighted by atomic mass is 16.6. The Balaban J connectivity index is 2.50. The lowest BCUT2D eigenvalue weighted by Gasteiger charge is -1.93. The fraction of sp³-hybridized carbons (Fsp3) is 0.286. The van der Waals surface area contributed by atoms with Gasteiger partial charge >= 0.3 is 5.82 Å². The average molecular weight is 209 g/mol. The molecule has 0 N–H and O–H groups in total. The summed E-state index contributed by atoms with van der Waals surface area (Å²) in [5.41, 5.74) is 0. The summed E-state index contributed by atoms with van der Waals surface area (Å²) in [5.74, 6) is 0.810. The molecule has 0 radical (unpaired) electrons. The van der Waals surface area contributed by atoms with Gasteiger partial charge < -0.3 is 14.6 Å². The summed E-state index contributed by atoms with van der Waals surface area (Å²) in [6, 6.07) is 0. The zero-order valence-electron chi connectivity index (χ0n) is 8.04. The van der Waals surface area contributed by atoms with Crippen molar-refractivity contribution in [3.05, 3.63) is 22.2 Å². The molecular weight excluding hydrogens is 202 g/mol. The summed E-state index contributed by atoms with van der Waals surface area (Å²) in [5, 5.41) is 14.2. The summed E-state index contributed by atoms with van der Waals surface area (Å²) in [4.78, 5) is 17.8. The molecule has 2 heterocycles. The maximum atomic E-state index is 10.6. The lowest BCUT2D eigenvalue weighted by Crippen LogP contribution is -1.99. The second-order valence-corrected chi connectivity index (χ2v) is 2.89. The molecule has 0 bridgehead atoms. The Kier molecular flexibility index (Phi) is 1.96. The normalized spacial score (nSPS) is 10.5. The number of rotatable bonds is 2. The minimum Gasteiger partial charge on any atom is -0.358 e. The highest BCUT2D eigenvalue weighted by molar-refractivity contribution is 5.46. The van der Waals surface area contributed by atoms with Gasteiger partial charge in [-0.2, -0.15) is 4.98 Å². The van der Waals surface area contributed by atoms with Crippen LogP contribution < -0.4 is 0 Å². The predicted octanol–water partition coefficient (Wildman–Crippen LogP) is 0.687. The van der Waals surface area contributed by atoms with Gasteiger partial charge in [-0.15, -0.1) is 0 Å². The van der Waals surface area contributed by atoms with E-state index in [0.29, 0.717) is 11.7 Å². The molecule has 0 amide bonds. The van der Waals surface area contributed by atoms with Crippen LogP contribution in [0, 0.1) is 17.0 Å². The van der Waals surface area contributed by atoms with E-state index in [1.54, 1.807) is 6.92 Å². The van der Waals surface area contributed by atoms with E-state index in [0.717, 1.165) is 6.20 Å². The van der Waals surface area contributed by atoms with Crippen molar-refractivity contribution in [2.45, 2.75) is 6.92 Å². The Morgan fingerprint density at radius 1 is 1.60 bits per heavy atom. The zero-order chi connectivity index (χ0) is 11.0. The number of nitro groups is 1. The standard InChI is InChI=1S/C7H7N5O3/c1-4-9-6(10-15-4)7-8-3-5(11(7)2)12(13)14/h3H,1-2H3. The first kappa shape index (κ1) is 9.31. The van der Waals surface area contributed by atoms with Crippen molar-refractivity contribution in [2.75, 3.05) is 0 Å². The minimum atomic E-state index is -0.524. The molecule has 0 fully saturated rings. The Morgan fingerprint density at radius 3 is 2.80 bits per heavy atom. The molecule has 8 nitrogen and oxygen atoms in total. The predicted molar refractivity (Wildman–Crippen MR) is 47.9 cm³/mol. The lowest BCUT2D eigenvalue weighted by molar-refractivity contribution is -0.391. The van der Waals surface area contributed by atoms with Gasteiger partial charge in [0.15, 0.2) is 0 Å². The molecule has 0 saturated carbocycles. The molecule has 15 heavy (non-hydrogen) atoms.